The van der Waals surface area contributed by atoms with E-state index in [1.165, 1.54) is 18.4 Å². The van der Waals surface area contributed by atoms with Crippen molar-refractivity contribution < 1.29 is 9.53 Å². The molecule has 1 aromatic rings. The predicted molar refractivity (Wildman–Crippen MR) is 79.0 cm³/mol. The average Bonchev–Trinajstić information content (AvgIpc) is 2.80. The topological polar surface area (TPSA) is 62.4 Å². The first kappa shape index (κ1) is 15.3. The van der Waals surface area contributed by atoms with Crippen LogP contribution in [0.25, 0.3) is 0 Å². The molecule has 20 heavy (non-hydrogen) atoms. The quantitative estimate of drug-likeness (QED) is 0.863. The largest absolute Gasteiger partial charge is 0.469 e. The lowest BCUT2D eigenvalue weighted by atomic mass is 9.97. The Balaban J connectivity index is 1.96. The summed E-state index contributed by atoms with van der Waals surface area (Å²) in [7, 11) is 1.45. The summed E-state index contributed by atoms with van der Waals surface area (Å²) in [6.45, 7) is 6.73. The van der Waals surface area contributed by atoms with Crippen molar-refractivity contribution in [2.24, 2.45) is 5.92 Å². The number of H-pyrrole nitrogens is 1. The minimum absolute atomic E-state index is 0.0214. The molecule has 112 valence electrons. The fourth-order valence-corrected chi connectivity index (χ4v) is 3.68. The van der Waals surface area contributed by atoms with Crippen LogP contribution in [0.3, 0.4) is 0 Å². The van der Waals surface area contributed by atoms with Crippen LogP contribution in [-0.2, 0) is 16.1 Å². The van der Waals surface area contributed by atoms with Gasteiger partial charge in [-0.3, -0.25) is 14.5 Å². The van der Waals surface area contributed by atoms with Crippen molar-refractivity contribution in [3.8, 4) is 0 Å². The predicted octanol–water partition coefficient (Wildman–Crippen LogP) is 1.94. The van der Waals surface area contributed by atoms with Crippen molar-refractivity contribution in [2.75, 3.05) is 20.2 Å². The van der Waals surface area contributed by atoms with E-state index >= 15 is 0 Å². The minimum Gasteiger partial charge on any atom is -0.469 e. The molecule has 1 saturated heterocycles. The molecular weight excluding hydrogens is 276 g/mol. The van der Waals surface area contributed by atoms with Crippen LogP contribution in [0.1, 0.15) is 43.2 Å². The molecule has 0 amide bonds. The Morgan fingerprint density at radius 1 is 1.45 bits per heavy atom. The number of hydrogen-bond donors (Lipinski definition) is 1. The highest BCUT2D eigenvalue weighted by Gasteiger charge is 2.26. The number of nitrogens with zero attached hydrogens (tertiary/aromatic N) is 1. The first-order valence-electron chi connectivity index (χ1n) is 7.03. The second-order valence-corrected chi connectivity index (χ2v) is 6.65. The lowest BCUT2D eigenvalue weighted by Crippen LogP contribution is -2.36. The van der Waals surface area contributed by atoms with Gasteiger partial charge in [0, 0.05) is 17.1 Å². The summed E-state index contributed by atoms with van der Waals surface area (Å²) in [5, 5.41) is 0. The number of piperidine rings is 1. The standard InChI is InChI=1S/C14H22N2O3S/c1-9(2)12-11(20-14(18)15-12)8-16-6-4-10(5-7-16)13(17)19-3/h9-10H,4-8H2,1-3H3,(H,15,18). The highest BCUT2D eigenvalue weighted by atomic mass is 32.1. The number of ether oxygens (including phenoxy) is 1. The van der Waals surface area contributed by atoms with E-state index < -0.39 is 0 Å². The van der Waals surface area contributed by atoms with Crippen LogP contribution in [0.5, 0.6) is 0 Å². The maximum Gasteiger partial charge on any atom is 0.308 e. The Morgan fingerprint density at radius 3 is 2.65 bits per heavy atom. The molecule has 1 N–H and O–H groups in total. The van der Waals surface area contributed by atoms with Gasteiger partial charge >= 0.3 is 10.8 Å². The maximum atomic E-state index is 11.5. The molecule has 5 nitrogen and oxygen atoms in total. The van der Waals surface area contributed by atoms with E-state index in [1.807, 2.05) is 0 Å². The molecule has 0 radical (unpaired) electrons. The molecule has 2 heterocycles. The molecule has 1 fully saturated rings. The maximum absolute atomic E-state index is 11.5. The average molecular weight is 298 g/mol. The van der Waals surface area contributed by atoms with Gasteiger partial charge in [0.1, 0.15) is 0 Å². The van der Waals surface area contributed by atoms with Crippen LogP contribution >= 0.6 is 11.3 Å². The van der Waals surface area contributed by atoms with E-state index in [2.05, 4.69) is 23.7 Å². The molecule has 0 atom stereocenters. The SMILES string of the molecule is COC(=O)C1CCN(Cc2sc(=O)[nH]c2C(C)C)CC1. The lowest BCUT2D eigenvalue weighted by molar-refractivity contribution is -0.147. The second-order valence-electron chi connectivity index (χ2n) is 5.58. The number of nitrogens with one attached hydrogen (secondary N) is 1. The summed E-state index contributed by atoms with van der Waals surface area (Å²) in [5.74, 6) is 0.265. The molecule has 0 saturated carbocycles. The van der Waals surface area contributed by atoms with Gasteiger partial charge in [0.2, 0.25) is 0 Å². The number of carbonyl (C=O) groups is 1. The summed E-state index contributed by atoms with van der Waals surface area (Å²) in [6, 6.07) is 0. The molecule has 2 rings (SSSR count). The highest BCUT2D eigenvalue weighted by molar-refractivity contribution is 7.09. The van der Waals surface area contributed by atoms with Crippen molar-refractivity contribution in [1.29, 1.82) is 0 Å². The molecule has 0 aliphatic carbocycles. The van der Waals surface area contributed by atoms with Gasteiger partial charge in [0.25, 0.3) is 0 Å². The summed E-state index contributed by atoms with van der Waals surface area (Å²) in [4.78, 5) is 29.4. The Kier molecular flexibility index (Phi) is 4.99. The Bertz CT molecular complexity index is 513. The highest BCUT2D eigenvalue weighted by Crippen LogP contribution is 2.24. The molecule has 1 aliphatic heterocycles. The number of carbonyl (C=O) groups excluding carboxylic acids is 1. The number of thiazole rings is 1. The van der Waals surface area contributed by atoms with Crippen LogP contribution in [0.15, 0.2) is 4.79 Å². The van der Waals surface area contributed by atoms with E-state index in [9.17, 15) is 9.59 Å². The van der Waals surface area contributed by atoms with Crippen LogP contribution in [0, 0.1) is 5.92 Å². The van der Waals surface area contributed by atoms with E-state index in [0.29, 0.717) is 5.92 Å². The van der Waals surface area contributed by atoms with Crippen molar-refractivity contribution in [2.45, 2.75) is 39.2 Å². The Labute approximate surface area is 122 Å². The van der Waals surface area contributed by atoms with E-state index in [-0.39, 0.29) is 16.8 Å². The summed E-state index contributed by atoms with van der Waals surface area (Å²) >= 11 is 1.30. The van der Waals surface area contributed by atoms with Crippen LogP contribution < -0.4 is 4.87 Å². The smallest absolute Gasteiger partial charge is 0.308 e. The normalized spacial score (nSPS) is 17.6. The number of hydrogen-bond acceptors (Lipinski definition) is 5. The molecule has 1 aromatic heterocycles. The Hall–Kier alpha value is -1.14. The van der Waals surface area contributed by atoms with Gasteiger partial charge in [-0.15, -0.1) is 0 Å². The van der Waals surface area contributed by atoms with E-state index in [4.69, 9.17) is 4.74 Å². The van der Waals surface area contributed by atoms with Gasteiger partial charge in [0.05, 0.1) is 13.0 Å². The summed E-state index contributed by atoms with van der Waals surface area (Å²) in [5.41, 5.74) is 1.05. The van der Waals surface area contributed by atoms with Gasteiger partial charge in [-0.25, -0.2) is 0 Å². The third-order valence-electron chi connectivity index (χ3n) is 3.82. The van der Waals surface area contributed by atoms with Crippen molar-refractivity contribution >= 4 is 17.3 Å². The Morgan fingerprint density at radius 2 is 2.10 bits per heavy atom. The van der Waals surface area contributed by atoms with Gasteiger partial charge in [-0.05, 0) is 31.8 Å². The molecule has 1 aliphatic rings. The van der Waals surface area contributed by atoms with Crippen LogP contribution in [0.2, 0.25) is 0 Å². The van der Waals surface area contributed by atoms with E-state index in [1.54, 1.807) is 0 Å². The lowest BCUT2D eigenvalue weighted by Gasteiger charge is -2.30. The fraction of sp³-hybridized carbons (Fsp3) is 0.714. The fourth-order valence-electron chi connectivity index (χ4n) is 2.65. The molecule has 0 bridgehead atoms. The number of methoxy groups -OCH3 is 1. The van der Waals surface area contributed by atoms with Gasteiger partial charge in [0.15, 0.2) is 0 Å². The zero-order valence-corrected chi connectivity index (χ0v) is 13.1. The monoisotopic (exact) mass is 298 g/mol. The molecule has 0 spiro atoms. The van der Waals surface area contributed by atoms with Crippen molar-refractivity contribution in [3.63, 3.8) is 0 Å². The third kappa shape index (κ3) is 3.49. The van der Waals surface area contributed by atoms with E-state index in [0.717, 1.165) is 43.0 Å². The van der Waals surface area contributed by atoms with Crippen LogP contribution in [-0.4, -0.2) is 36.1 Å². The summed E-state index contributed by atoms with van der Waals surface area (Å²) < 4.78 is 4.80. The molecule has 0 aromatic carbocycles. The minimum atomic E-state index is -0.0983. The van der Waals surface area contributed by atoms with Gasteiger partial charge in [-0.1, -0.05) is 25.2 Å². The number of rotatable bonds is 4. The number of likely N-dealkylation sites (tertiary alicyclic amines) is 1. The van der Waals surface area contributed by atoms with Crippen molar-refractivity contribution in [3.05, 3.63) is 20.2 Å². The third-order valence-corrected chi connectivity index (χ3v) is 4.70. The first-order chi connectivity index (χ1) is 9.51. The molecular formula is C14H22N2O3S. The van der Waals surface area contributed by atoms with Gasteiger partial charge in [-0.2, -0.15) is 0 Å². The van der Waals surface area contributed by atoms with Crippen molar-refractivity contribution in [1.82, 2.24) is 9.88 Å². The van der Waals surface area contributed by atoms with Gasteiger partial charge < -0.3 is 9.72 Å². The number of esters is 1. The zero-order valence-electron chi connectivity index (χ0n) is 12.3. The molecule has 6 heteroatoms. The second kappa shape index (κ2) is 6.54. The first-order valence-corrected chi connectivity index (χ1v) is 7.85. The number of aromatic nitrogens is 1. The zero-order chi connectivity index (χ0) is 14.7. The van der Waals surface area contributed by atoms with Crippen LogP contribution in [0.4, 0.5) is 0 Å². The summed E-state index contributed by atoms with van der Waals surface area (Å²) in [6.07, 6.45) is 1.67. The molecule has 0 unspecified atom stereocenters. The number of aromatic amines is 1.